The number of hydrogen-bond donors (Lipinski definition) is 1. The average Bonchev–Trinajstić information content (AvgIpc) is 2.76. The summed E-state index contributed by atoms with van der Waals surface area (Å²) in [6, 6.07) is 4.86. The maximum Gasteiger partial charge on any atom is 0.277 e. The first-order valence-corrected chi connectivity index (χ1v) is 6.96. The van der Waals surface area contributed by atoms with Crippen LogP contribution >= 0.6 is 35.0 Å². The van der Waals surface area contributed by atoms with Crippen molar-refractivity contribution in [1.29, 1.82) is 0 Å². The number of thioether (sulfide) groups is 1. The highest BCUT2D eigenvalue weighted by atomic mass is 35.5. The van der Waals surface area contributed by atoms with E-state index in [4.69, 9.17) is 27.6 Å². The lowest BCUT2D eigenvalue weighted by molar-refractivity contribution is -0.113. The first-order valence-electron chi connectivity index (χ1n) is 5.22. The molecule has 19 heavy (non-hydrogen) atoms. The van der Waals surface area contributed by atoms with Gasteiger partial charge >= 0.3 is 0 Å². The van der Waals surface area contributed by atoms with Crippen molar-refractivity contribution in [3.8, 4) is 0 Å². The molecule has 1 aromatic carbocycles. The number of amides is 1. The summed E-state index contributed by atoms with van der Waals surface area (Å²) >= 11 is 12.9. The second kappa shape index (κ2) is 6.27. The van der Waals surface area contributed by atoms with E-state index in [9.17, 15) is 4.79 Å². The molecular weight excluding hydrogens is 309 g/mol. The third kappa shape index (κ3) is 4.12. The molecule has 0 aliphatic heterocycles. The van der Waals surface area contributed by atoms with Crippen LogP contribution in [0, 0.1) is 6.92 Å². The lowest BCUT2D eigenvalue weighted by atomic mass is 10.3. The number of carbonyl (C=O) groups excluding carboxylic acids is 1. The van der Waals surface area contributed by atoms with Gasteiger partial charge in [-0.1, -0.05) is 35.0 Å². The van der Waals surface area contributed by atoms with Gasteiger partial charge < -0.3 is 9.73 Å². The maximum absolute atomic E-state index is 11.7. The SMILES string of the molecule is Cc1nnc(SCC(=O)Nc2ccc(Cl)cc2Cl)o1. The molecule has 5 nitrogen and oxygen atoms in total. The molecule has 0 spiro atoms. The number of rotatable bonds is 4. The molecule has 0 saturated heterocycles. The van der Waals surface area contributed by atoms with Gasteiger partial charge in [0.05, 0.1) is 16.5 Å². The van der Waals surface area contributed by atoms with Gasteiger partial charge in [0.2, 0.25) is 11.8 Å². The van der Waals surface area contributed by atoms with E-state index in [1.807, 2.05) is 0 Å². The lowest BCUT2D eigenvalue weighted by Gasteiger charge is -2.06. The van der Waals surface area contributed by atoms with Crippen LogP contribution < -0.4 is 5.32 Å². The number of aromatic nitrogens is 2. The van der Waals surface area contributed by atoms with Crippen LogP contribution in [-0.2, 0) is 4.79 Å². The van der Waals surface area contributed by atoms with E-state index in [2.05, 4.69) is 15.5 Å². The molecule has 1 N–H and O–H groups in total. The number of nitrogens with one attached hydrogen (secondary N) is 1. The molecule has 1 heterocycles. The predicted octanol–water partition coefficient (Wildman–Crippen LogP) is 3.42. The van der Waals surface area contributed by atoms with Crippen molar-refractivity contribution in [3.05, 3.63) is 34.1 Å². The Kier molecular flexibility index (Phi) is 4.68. The van der Waals surface area contributed by atoms with Crippen LogP contribution in [0.2, 0.25) is 10.0 Å². The standard InChI is InChI=1S/C11H9Cl2N3O2S/c1-6-15-16-11(18-6)19-5-10(17)14-9-3-2-7(12)4-8(9)13/h2-4H,5H2,1H3,(H,14,17). The van der Waals surface area contributed by atoms with Crippen molar-refractivity contribution < 1.29 is 9.21 Å². The largest absolute Gasteiger partial charge is 0.416 e. The number of halogens is 2. The van der Waals surface area contributed by atoms with Crippen molar-refractivity contribution in [1.82, 2.24) is 10.2 Å². The van der Waals surface area contributed by atoms with Gasteiger partial charge in [0.25, 0.3) is 5.22 Å². The Labute approximate surface area is 123 Å². The van der Waals surface area contributed by atoms with E-state index in [0.717, 1.165) is 11.8 Å². The molecule has 0 aliphatic rings. The number of carbonyl (C=O) groups is 1. The van der Waals surface area contributed by atoms with Crippen molar-refractivity contribution in [2.45, 2.75) is 12.1 Å². The molecule has 0 fully saturated rings. The molecule has 0 atom stereocenters. The van der Waals surface area contributed by atoms with Crippen LogP contribution in [0.5, 0.6) is 0 Å². The normalized spacial score (nSPS) is 10.5. The van der Waals surface area contributed by atoms with Gasteiger partial charge in [-0.2, -0.15) is 0 Å². The maximum atomic E-state index is 11.7. The van der Waals surface area contributed by atoms with Crippen LogP contribution in [0.15, 0.2) is 27.8 Å². The highest BCUT2D eigenvalue weighted by molar-refractivity contribution is 7.99. The smallest absolute Gasteiger partial charge is 0.277 e. The van der Waals surface area contributed by atoms with E-state index in [-0.39, 0.29) is 11.7 Å². The third-order valence-corrected chi connectivity index (χ3v) is 3.41. The van der Waals surface area contributed by atoms with Crippen molar-refractivity contribution in [3.63, 3.8) is 0 Å². The number of nitrogens with zero attached hydrogens (tertiary/aromatic N) is 2. The summed E-state index contributed by atoms with van der Waals surface area (Å²) in [5.41, 5.74) is 0.512. The molecule has 1 amide bonds. The van der Waals surface area contributed by atoms with E-state index >= 15 is 0 Å². The van der Waals surface area contributed by atoms with Gasteiger partial charge in [-0.25, -0.2) is 0 Å². The Hall–Kier alpha value is -1.24. The van der Waals surface area contributed by atoms with Crippen molar-refractivity contribution >= 4 is 46.6 Å². The highest BCUT2D eigenvalue weighted by Gasteiger charge is 2.09. The molecule has 0 aliphatic carbocycles. The summed E-state index contributed by atoms with van der Waals surface area (Å²) in [4.78, 5) is 11.7. The molecular formula is C11H9Cl2N3O2S. The monoisotopic (exact) mass is 317 g/mol. The second-order valence-electron chi connectivity index (χ2n) is 3.55. The van der Waals surface area contributed by atoms with Gasteiger partial charge in [-0.15, -0.1) is 10.2 Å². The van der Waals surface area contributed by atoms with Gasteiger partial charge in [-0.05, 0) is 18.2 Å². The van der Waals surface area contributed by atoms with Gasteiger partial charge in [0.1, 0.15) is 0 Å². The van der Waals surface area contributed by atoms with Crippen LogP contribution in [0.3, 0.4) is 0 Å². The zero-order valence-corrected chi connectivity index (χ0v) is 12.1. The number of aryl methyl sites for hydroxylation is 1. The second-order valence-corrected chi connectivity index (χ2v) is 5.32. The molecule has 0 saturated carbocycles. The van der Waals surface area contributed by atoms with E-state index in [0.29, 0.717) is 26.8 Å². The molecule has 0 bridgehead atoms. The van der Waals surface area contributed by atoms with Gasteiger partial charge in [0, 0.05) is 11.9 Å². The summed E-state index contributed by atoms with van der Waals surface area (Å²) in [7, 11) is 0. The molecule has 2 rings (SSSR count). The summed E-state index contributed by atoms with van der Waals surface area (Å²) in [5.74, 6) is 0.398. The minimum Gasteiger partial charge on any atom is -0.416 e. The minimum atomic E-state index is -0.218. The van der Waals surface area contributed by atoms with Crippen molar-refractivity contribution in [2.24, 2.45) is 0 Å². The Bertz CT molecular complexity index is 603. The van der Waals surface area contributed by atoms with Gasteiger partial charge in [0.15, 0.2) is 0 Å². The summed E-state index contributed by atoms with van der Waals surface area (Å²) in [6.45, 7) is 1.69. The Morgan fingerprint density at radius 1 is 1.42 bits per heavy atom. The van der Waals surface area contributed by atoms with Gasteiger partial charge in [-0.3, -0.25) is 4.79 Å². The average molecular weight is 318 g/mol. The molecule has 0 radical (unpaired) electrons. The molecule has 2 aromatic rings. The summed E-state index contributed by atoms with van der Waals surface area (Å²) in [6.07, 6.45) is 0. The topological polar surface area (TPSA) is 68.0 Å². The highest BCUT2D eigenvalue weighted by Crippen LogP contribution is 2.25. The van der Waals surface area contributed by atoms with Crippen LogP contribution in [0.25, 0.3) is 0 Å². The Balaban J connectivity index is 1.90. The fourth-order valence-electron chi connectivity index (χ4n) is 1.24. The quantitative estimate of drug-likeness (QED) is 0.875. The lowest BCUT2D eigenvalue weighted by Crippen LogP contribution is -2.14. The first-order chi connectivity index (χ1) is 9.04. The molecule has 0 unspecified atom stereocenters. The Morgan fingerprint density at radius 3 is 2.84 bits per heavy atom. The summed E-state index contributed by atoms with van der Waals surface area (Å²) in [5, 5.41) is 11.4. The third-order valence-electron chi connectivity index (χ3n) is 2.04. The van der Waals surface area contributed by atoms with Crippen molar-refractivity contribution in [2.75, 3.05) is 11.1 Å². The summed E-state index contributed by atoms with van der Waals surface area (Å²) < 4.78 is 5.14. The van der Waals surface area contributed by atoms with E-state index in [1.54, 1.807) is 25.1 Å². The zero-order chi connectivity index (χ0) is 13.8. The zero-order valence-electron chi connectivity index (χ0n) is 9.81. The fraction of sp³-hybridized carbons (Fsp3) is 0.182. The van der Waals surface area contributed by atoms with Crippen LogP contribution in [-0.4, -0.2) is 21.9 Å². The first kappa shape index (κ1) is 14.2. The Morgan fingerprint density at radius 2 is 2.21 bits per heavy atom. The van der Waals surface area contributed by atoms with E-state index < -0.39 is 0 Å². The van der Waals surface area contributed by atoms with Crippen LogP contribution in [0.1, 0.15) is 5.89 Å². The van der Waals surface area contributed by atoms with Crippen LogP contribution in [0.4, 0.5) is 5.69 Å². The minimum absolute atomic E-state index is 0.153. The molecule has 1 aromatic heterocycles. The number of benzene rings is 1. The number of hydrogen-bond acceptors (Lipinski definition) is 5. The molecule has 100 valence electrons. The predicted molar refractivity (Wildman–Crippen MR) is 74.9 cm³/mol. The number of anilines is 1. The molecule has 8 heteroatoms. The van der Waals surface area contributed by atoms with E-state index in [1.165, 1.54) is 0 Å². The fourth-order valence-corrected chi connectivity index (χ4v) is 2.30.